The van der Waals surface area contributed by atoms with Gasteiger partial charge in [-0.1, -0.05) is 28.1 Å². The molecular formula is C24H22BrFN4O2. The molecule has 0 aliphatic carbocycles. The molecule has 0 atom stereocenters. The maximum absolute atomic E-state index is 13.8. The van der Waals surface area contributed by atoms with Crippen LogP contribution < -0.4 is 10.2 Å². The summed E-state index contributed by atoms with van der Waals surface area (Å²) in [7, 11) is 0. The summed E-state index contributed by atoms with van der Waals surface area (Å²) < 4.78 is 14.7. The molecule has 1 fully saturated rings. The molecule has 0 radical (unpaired) electrons. The maximum atomic E-state index is 13.8. The molecule has 4 rings (SSSR count). The molecule has 0 spiro atoms. The molecule has 164 valence electrons. The summed E-state index contributed by atoms with van der Waals surface area (Å²) in [4.78, 5) is 33.5. The third-order valence-corrected chi connectivity index (χ3v) is 5.85. The van der Waals surface area contributed by atoms with Crippen LogP contribution in [-0.2, 0) is 0 Å². The van der Waals surface area contributed by atoms with Gasteiger partial charge in [0.25, 0.3) is 11.8 Å². The number of aromatic nitrogens is 1. The average molecular weight is 497 g/mol. The lowest BCUT2D eigenvalue weighted by Crippen LogP contribution is -2.35. The average Bonchev–Trinajstić information content (AvgIpc) is 3.06. The number of carbonyl (C=O) groups excluding carboxylic acids is 2. The van der Waals surface area contributed by atoms with Crippen LogP contribution in [0.15, 0.2) is 71.3 Å². The summed E-state index contributed by atoms with van der Waals surface area (Å²) in [5, 5.41) is 2.67. The Morgan fingerprint density at radius 1 is 0.938 bits per heavy atom. The molecule has 8 heteroatoms. The number of rotatable bonds is 4. The molecule has 0 unspecified atom stereocenters. The molecule has 2 aromatic carbocycles. The van der Waals surface area contributed by atoms with E-state index < -0.39 is 11.7 Å². The number of benzene rings is 2. The fraction of sp³-hybridized carbons (Fsp3) is 0.208. The Morgan fingerprint density at radius 3 is 2.44 bits per heavy atom. The fourth-order valence-electron chi connectivity index (χ4n) is 3.62. The van der Waals surface area contributed by atoms with Crippen LogP contribution in [0.5, 0.6) is 0 Å². The quantitative estimate of drug-likeness (QED) is 0.573. The first-order valence-electron chi connectivity index (χ1n) is 10.3. The van der Waals surface area contributed by atoms with Crippen molar-refractivity contribution in [3.63, 3.8) is 0 Å². The molecular weight excluding hydrogens is 475 g/mol. The molecule has 1 aromatic heterocycles. The van der Waals surface area contributed by atoms with Gasteiger partial charge in [-0.2, -0.15) is 0 Å². The minimum atomic E-state index is -0.568. The molecule has 2 heterocycles. The van der Waals surface area contributed by atoms with Gasteiger partial charge >= 0.3 is 0 Å². The number of nitrogens with zero attached hydrogens (tertiary/aromatic N) is 3. The Morgan fingerprint density at radius 2 is 1.72 bits per heavy atom. The zero-order valence-electron chi connectivity index (χ0n) is 17.3. The molecule has 2 amide bonds. The third-order valence-electron chi connectivity index (χ3n) is 5.32. The van der Waals surface area contributed by atoms with E-state index in [1.165, 1.54) is 18.2 Å². The molecule has 1 N–H and O–H groups in total. The van der Waals surface area contributed by atoms with E-state index in [0.717, 1.165) is 23.3 Å². The fourth-order valence-corrected chi connectivity index (χ4v) is 3.88. The number of pyridine rings is 1. The van der Waals surface area contributed by atoms with Crippen LogP contribution in [0, 0.1) is 5.82 Å². The van der Waals surface area contributed by atoms with Gasteiger partial charge < -0.3 is 15.1 Å². The van der Waals surface area contributed by atoms with Crippen LogP contribution in [0.1, 0.15) is 27.1 Å². The van der Waals surface area contributed by atoms with Gasteiger partial charge in [-0.05, 0) is 55.0 Å². The smallest absolute Gasteiger partial charge is 0.258 e. The lowest BCUT2D eigenvalue weighted by atomic mass is 10.2. The second-order valence-corrected chi connectivity index (χ2v) is 8.39. The van der Waals surface area contributed by atoms with Crippen molar-refractivity contribution in [3.05, 3.63) is 88.3 Å². The van der Waals surface area contributed by atoms with Crippen LogP contribution in [0.3, 0.4) is 0 Å². The van der Waals surface area contributed by atoms with Crippen molar-refractivity contribution in [2.24, 2.45) is 0 Å². The molecule has 32 heavy (non-hydrogen) atoms. The molecule has 1 saturated heterocycles. The van der Waals surface area contributed by atoms with Crippen LogP contribution in [-0.4, -0.2) is 47.9 Å². The van der Waals surface area contributed by atoms with Gasteiger partial charge in [-0.3, -0.25) is 9.59 Å². The Labute approximate surface area is 194 Å². The van der Waals surface area contributed by atoms with Crippen molar-refractivity contribution >= 4 is 39.2 Å². The molecule has 0 saturated carbocycles. The number of halogens is 2. The standard InChI is InChI=1S/C24H22BrFN4O2/c25-18-8-6-17(7-9-18)24(32)30-13-3-12-29(14-15-30)22-11-10-19(16-27-22)28-23(31)20-4-1-2-5-21(20)26/h1-2,4-11,16H,3,12-15H2,(H,28,31). The van der Waals surface area contributed by atoms with Crippen molar-refractivity contribution in [2.75, 3.05) is 36.4 Å². The van der Waals surface area contributed by atoms with E-state index in [2.05, 4.69) is 31.1 Å². The Kier molecular flexibility index (Phi) is 6.80. The first-order chi connectivity index (χ1) is 15.5. The lowest BCUT2D eigenvalue weighted by Gasteiger charge is -2.23. The van der Waals surface area contributed by atoms with Crippen molar-refractivity contribution in [2.45, 2.75) is 6.42 Å². The minimum absolute atomic E-state index is 0.0142. The summed E-state index contributed by atoms with van der Waals surface area (Å²) in [5.41, 5.74) is 1.15. The third kappa shape index (κ3) is 5.13. The van der Waals surface area contributed by atoms with Crippen molar-refractivity contribution in [3.8, 4) is 0 Å². The number of anilines is 2. The first kappa shape index (κ1) is 22.0. The highest BCUT2D eigenvalue weighted by molar-refractivity contribution is 9.10. The van der Waals surface area contributed by atoms with E-state index in [4.69, 9.17) is 0 Å². The van der Waals surface area contributed by atoms with Crippen molar-refractivity contribution in [1.82, 2.24) is 9.88 Å². The highest BCUT2D eigenvalue weighted by atomic mass is 79.9. The number of amides is 2. The van der Waals surface area contributed by atoms with E-state index in [0.29, 0.717) is 30.9 Å². The number of hydrogen-bond donors (Lipinski definition) is 1. The Bertz CT molecular complexity index is 1110. The van der Waals surface area contributed by atoms with Crippen molar-refractivity contribution < 1.29 is 14.0 Å². The largest absolute Gasteiger partial charge is 0.355 e. The van der Waals surface area contributed by atoms with Crippen LogP contribution in [0.4, 0.5) is 15.9 Å². The molecule has 1 aliphatic heterocycles. The van der Waals surface area contributed by atoms with E-state index in [1.807, 2.05) is 35.2 Å². The molecule has 6 nitrogen and oxygen atoms in total. The van der Waals surface area contributed by atoms with E-state index in [9.17, 15) is 14.0 Å². The predicted molar refractivity (Wildman–Crippen MR) is 125 cm³/mol. The summed E-state index contributed by atoms with van der Waals surface area (Å²) >= 11 is 3.39. The SMILES string of the molecule is O=C(Nc1ccc(N2CCCN(C(=O)c3ccc(Br)cc3)CC2)nc1)c1ccccc1F. The van der Waals surface area contributed by atoms with Crippen LogP contribution in [0.2, 0.25) is 0 Å². The van der Waals surface area contributed by atoms with Crippen molar-refractivity contribution in [1.29, 1.82) is 0 Å². The summed E-state index contributed by atoms with van der Waals surface area (Å²) in [5.74, 6) is -0.291. The summed E-state index contributed by atoms with van der Waals surface area (Å²) in [6.07, 6.45) is 2.39. The van der Waals surface area contributed by atoms with Gasteiger partial charge in [-0.25, -0.2) is 9.37 Å². The first-order valence-corrected chi connectivity index (χ1v) is 11.1. The van der Waals surface area contributed by atoms with E-state index in [1.54, 1.807) is 18.3 Å². The second kappa shape index (κ2) is 9.91. The van der Waals surface area contributed by atoms with E-state index >= 15 is 0 Å². The Balaban J connectivity index is 1.37. The van der Waals surface area contributed by atoms with Gasteiger partial charge in [-0.15, -0.1) is 0 Å². The van der Waals surface area contributed by atoms with Crippen LogP contribution in [0.25, 0.3) is 0 Å². The topological polar surface area (TPSA) is 65.5 Å². The zero-order chi connectivity index (χ0) is 22.5. The molecule has 3 aromatic rings. The van der Waals surface area contributed by atoms with Gasteiger partial charge in [0.1, 0.15) is 11.6 Å². The highest BCUT2D eigenvalue weighted by Crippen LogP contribution is 2.19. The predicted octanol–water partition coefficient (Wildman–Crippen LogP) is 4.59. The summed E-state index contributed by atoms with van der Waals surface area (Å²) in [6, 6.07) is 16.8. The zero-order valence-corrected chi connectivity index (χ0v) is 18.9. The highest BCUT2D eigenvalue weighted by Gasteiger charge is 2.21. The number of nitrogens with one attached hydrogen (secondary N) is 1. The van der Waals surface area contributed by atoms with Gasteiger partial charge in [0.15, 0.2) is 0 Å². The maximum Gasteiger partial charge on any atom is 0.258 e. The van der Waals surface area contributed by atoms with Gasteiger partial charge in [0, 0.05) is 36.2 Å². The normalized spacial score (nSPS) is 14.1. The van der Waals surface area contributed by atoms with E-state index in [-0.39, 0.29) is 11.5 Å². The van der Waals surface area contributed by atoms with Gasteiger partial charge in [0.05, 0.1) is 17.4 Å². The Hall–Kier alpha value is -3.26. The summed E-state index contributed by atoms with van der Waals surface area (Å²) in [6.45, 7) is 2.72. The van der Waals surface area contributed by atoms with Gasteiger partial charge in [0.2, 0.25) is 0 Å². The number of carbonyl (C=O) groups is 2. The lowest BCUT2D eigenvalue weighted by molar-refractivity contribution is 0.0766. The monoisotopic (exact) mass is 496 g/mol. The minimum Gasteiger partial charge on any atom is -0.355 e. The number of hydrogen-bond acceptors (Lipinski definition) is 4. The molecule has 0 bridgehead atoms. The second-order valence-electron chi connectivity index (χ2n) is 7.48. The molecule has 1 aliphatic rings. The van der Waals surface area contributed by atoms with Crippen LogP contribution >= 0.6 is 15.9 Å².